The lowest BCUT2D eigenvalue weighted by Gasteiger charge is -2.29. The molecular weight excluding hydrogens is 261 g/mol. The fourth-order valence-electron chi connectivity index (χ4n) is 1.65. The molecule has 2 rings (SSSR count). The largest absolute Gasteiger partial charge is 0.240 e. The van der Waals surface area contributed by atoms with Crippen LogP contribution in [0, 0.1) is 0 Å². The first kappa shape index (κ1) is 8.51. The molecule has 1 aromatic rings. The molecule has 1 nitrogen and oxygen atoms in total. The van der Waals surface area contributed by atoms with Gasteiger partial charge in [0.1, 0.15) is 0 Å². The third-order valence-electron chi connectivity index (χ3n) is 2.43. The van der Waals surface area contributed by atoms with Crippen LogP contribution in [0.15, 0.2) is 24.3 Å². The molecule has 0 amide bonds. The average molecular weight is 273 g/mol. The van der Waals surface area contributed by atoms with Crippen molar-refractivity contribution in [3.63, 3.8) is 0 Å². The summed E-state index contributed by atoms with van der Waals surface area (Å²) in [6.45, 7) is 3.38. The zero-order valence-electron chi connectivity index (χ0n) is 7.13. The number of hydrogen-bond donors (Lipinski definition) is 0. The van der Waals surface area contributed by atoms with Crippen molar-refractivity contribution < 1.29 is 0 Å². The molecule has 1 unspecified atom stereocenters. The smallest absolute Gasteiger partial charge is 0.0338 e. The highest BCUT2D eigenvalue weighted by Gasteiger charge is 2.19. The van der Waals surface area contributed by atoms with Crippen LogP contribution in [0.1, 0.15) is 18.1 Å². The molecule has 0 spiro atoms. The minimum atomic E-state index is 0.681. The van der Waals surface area contributed by atoms with Crippen LogP contribution in [0.5, 0.6) is 0 Å². The summed E-state index contributed by atoms with van der Waals surface area (Å²) < 4.78 is 2.38. The highest BCUT2D eigenvalue weighted by Crippen LogP contribution is 2.25. The summed E-state index contributed by atoms with van der Waals surface area (Å²) in [5, 5.41) is 0. The second-order valence-corrected chi connectivity index (χ2v) is 4.62. The van der Waals surface area contributed by atoms with E-state index in [1.165, 1.54) is 17.5 Å². The van der Waals surface area contributed by atoms with Crippen LogP contribution >= 0.6 is 22.9 Å². The first-order valence-corrected chi connectivity index (χ1v) is 5.23. The minimum absolute atomic E-state index is 0.681. The average Bonchev–Trinajstić information content (AvgIpc) is 2.07. The van der Waals surface area contributed by atoms with Gasteiger partial charge in [0.2, 0.25) is 0 Å². The van der Waals surface area contributed by atoms with Crippen LogP contribution in [0.25, 0.3) is 0 Å². The van der Waals surface area contributed by atoms with Gasteiger partial charge in [0, 0.05) is 35.5 Å². The van der Waals surface area contributed by atoms with E-state index in [0.717, 1.165) is 6.54 Å². The van der Waals surface area contributed by atoms with Crippen molar-refractivity contribution in [3.8, 4) is 0 Å². The SMILES string of the molecule is CC1Cc2ccccc2CN1I. The Labute approximate surface area is 87.3 Å². The Kier molecular flexibility index (Phi) is 2.37. The van der Waals surface area contributed by atoms with Crippen molar-refractivity contribution in [2.24, 2.45) is 0 Å². The van der Waals surface area contributed by atoms with Gasteiger partial charge < -0.3 is 0 Å². The zero-order chi connectivity index (χ0) is 8.55. The Balaban J connectivity index is 2.34. The molecule has 1 aromatic carbocycles. The molecule has 1 aliphatic heterocycles. The van der Waals surface area contributed by atoms with Gasteiger partial charge >= 0.3 is 0 Å². The van der Waals surface area contributed by atoms with Crippen LogP contribution < -0.4 is 0 Å². The minimum Gasteiger partial charge on any atom is -0.240 e. The van der Waals surface area contributed by atoms with E-state index in [1.54, 1.807) is 0 Å². The summed E-state index contributed by atoms with van der Waals surface area (Å²) >= 11 is 2.41. The monoisotopic (exact) mass is 273 g/mol. The summed E-state index contributed by atoms with van der Waals surface area (Å²) in [5.74, 6) is 0. The Hall–Kier alpha value is -0.0900. The topological polar surface area (TPSA) is 3.24 Å². The number of hydrogen-bond acceptors (Lipinski definition) is 1. The molecule has 0 saturated heterocycles. The Bertz CT molecular complexity index is 256. The fraction of sp³-hybridized carbons (Fsp3) is 0.400. The van der Waals surface area contributed by atoms with Gasteiger partial charge in [0.05, 0.1) is 0 Å². The molecule has 0 aliphatic carbocycles. The molecule has 0 N–H and O–H groups in total. The van der Waals surface area contributed by atoms with Crippen molar-refractivity contribution in [1.29, 1.82) is 0 Å². The van der Waals surface area contributed by atoms with E-state index in [2.05, 4.69) is 57.2 Å². The van der Waals surface area contributed by atoms with E-state index in [4.69, 9.17) is 0 Å². The number of benzene rings is 1. The maximum atomic E-state index is 2.41. The third-order valence-corrected chi connectivity index (χ3v) is 3.73. The van der Waals surface area contributed by atoms with Crippen molar-refractivity contribution in [2.45, 2.75) is 25.9 Å². The Morgan fingerprint density at radius 3 is 2.75 bits per heavy atom. The number of halogens is 1. The van der Waals surface area contributed by atoms with E-state index in [9.17, 15) is 0 Å². The summed E-state index contributed by atoms with van der Waals surface area (Å²) in [6, 6.07) is 9.41. The van der Waals surface area contributed by atoms with Gasteiger partial charge in [-0.15, -0.1) is 0 Å². The van der Waals surface area contributed by atoms with Crippen LogP contribution in [-0.2, 0) is 13.0 Å². The molecule has 64 valence electrons. The highest BCUT2D eigenvalue weighted by atomic mass is 127. The van der Waals surface area contributed by atoms with Gasteiger partial charge in [-0.3, -0.25) is 0 Å². The van der Waals surface area contributed by atoms with Crippen molar-refractivity contribution in [2.75, 3.05) is 0 Å². The highest BCUT2D eigenvalue weighted by molar-refractivity contribution is 14.1. The lowest BCUT2D eigenvalue weighted by molar-refractivity contribution is 0.373. The molecular formula is C10H12IN. The second kappa shape index (κ2) is 3.34. The maximum absolute atomic E-state index is 2.41. The van der Waals surface area contributed by atoms with Gasteiger partial charge in [-0.05, 0) is 24.5 Å². The Morgan fingerprint density at radius 1 is 1.33 bits per heavy atom. The second-order valence-electron chi connectivity index (χ2n) is 3.38. The standard InChI is InChI=1S/C10H12IN/c1-8-6-9-4-2-3-5-10(9)7-12(8)11/h2-5,8H,6-7H2,1H3. The van der Waals surface area contributed by atoms with E-state index >= 15 is 0 Å². The normalized spacial score (nSPS) is 23.7. The quantitative estimate of drug-likeness (QED) is 0.519. The molecule has 1 aliphatic rings. The van der Waals surface area contributed by atoms with E-state index in [1.807, 2.05) is 0 Å². The van der Waals surface area contributed by atoms with Gasteiger partial charge in [0.25, 0.3) is 0 Å². The van der Waals surface area contributed by atoms with Gasteiger partial charge in [-0.1, -0.05) is 24.3 Å². The molecule has 12 heavy (non-hydrogen) atoms. The van der Waals surface area contributed by atoms with E-state index in [-0.39, 0.29) is 0 Å². The van der Waals surface area contributed by atoms with Crippen LogP contribution in [0.2, 0.25) is 0 Å². The zero-order valence-corrected chi connectivity index (χ0v) is 9.28. The van der Waals surface area contributed by atoms with Gasteiger partial charge in [0.15, 0.2) is 0 Å². The molecule has 0 saturated carbocycles. The van der Waals surface area contributed by atoms with E-state index in [0.29, 0.717) is 6.04 Å². The molecule has 1 heterocycles. The summed E-state index contributed by atoms with van der Waals surface area (Å²) in [6.07, 6.45) is 1.19. The van der Waals surface area contributed by atoms with Crippen LogP contribution in [-0.4, -0.2) is 9.16 Å². The number of rotatable bonds is 0. The summed E-state index contributed by atoms with van der Waals surface area (Å²) in [4.78, 5) is 0. The molecule has 1 atom stereocenters. The van der Waals surface area contributed by atoms with Gasteiger partial charge in [-0.25, -0.2) is 3.11 Å². The van der Waals surface area contributed by atoms with Crippen molar-refractivity contribution in [1.82, 2.24) is 3.11 Å². The van der Waals surface area contributed by atoms with Crippen LogP contribution in [0.4, 0.5) is 0 Å². The molecule has 0 aromatic heterocycles. The fourth-order valence-corrected chi connectivity index (χ4v) is 2.21. The first-order valence-electron chi connectivity index (χ1n) is 4.26. The first-order chi connectivity index (χ1) is 5.77. The molecule has 0 fully saturated rings. The molecule has 0 bridgehead atoms. The predicted molar refractivity (Wildman–Crippen MR) is 59.2 cm³/mol. The van der Waals surface area contributed by atoms with Crippen molar-refractivity contribution >= 4 is 22.9 Å². The lowest BCUT2D eigenvalue weighted by Crippen LogP contribution is -2.30. The number of nitrogens with zero attached hydrogens (tertiary/aromatic N) is 1. The third kappa shape index (κ3) is 1.50. The molecule has 2 heteroatoms. The Morgan fingerprint density at radius 2 is 2.00 bits per heavy atom. The number of fused-ring (bicyclic) bond motifs is 1. The maximum Gasteiger partial charge on any atom is 0.0338 e. The summed E-state index contributed by atoms with van der Waals surface area (Å²) in [7, 11) is 0. The molecule has 0 radical (unpaired) electrons. The van der Waals surface area contributed by atoms with E-state index < -0.39 is 0 Å². The predicted octanol–water partition coefficient (Wildman–Crippen LogP) is 2.78. The summed E-state index contributed by atoms with van der Waals surface area (Å²) in [5.41, 5.74) is 3.02. The lowest BCUT2D eigenvalue weighted by atomic mass is 9.97. The van der Waals surface area contributed by atoms with Crippen LogP contribution in [0.3, 0.4) is 0 Å². The van der Waals surface area contributed by atoms with Gasteiger partial charge in [-0.2, -0.15) is 0 Å². The van der Waals surface area contributed by atoms with Crippen molar-refractivity contribution in [3.05, 3.63) is 35.4 Å².